The molecule has 0 bridgehead atoms. The first-order valence-corrected chi connectivity index (χ1v) is 7.52. The molecule has 2 aromatic rings. The van der Waals surface area contributed by atoms with E-state index in [9.17, 15) is 0 Å². The number of rotatable bonds is 4. The quantitative estimate of drug-likeness (QED) is 0.926. The molecule has 0 spiro atoms. The molecule has 1 aromatic heterocycles. The van der Waals surface area contributed by atoms with Crippen LogP contribution in [0.2, 0.25) is 0 Å². The fourth-order valence-electron chi connectivity index (χ4n) is 2.31. The van der Waals surface area contributed by atoms with Crippen LogP contribution in [-0.4, -0.2) is 30.5 Å². The Morgan fingerprint density at radius 2 is 2.05 bits per heavy atom. The molecule has 3 rings (SSSR count). The second-order valence-electron chi connectivity index (χ2n) is 5.04. The van der Waals surface area contributed by atoms with Crippen molar-refractivity contribution >= 4 is 32.7 Å². The highest BCUT2D eigenvalue weighted by Crippen LogP contribution is 2.23. The number of benzene rings is 1. The van der Waals surface area contributed by atoms with E-state index >= 15 is 0 Å². The fraction of sp³-hybridized carbons (Fsp3) is 0.400. The van der Waals surface area contributed by atoms with Gasteiger partial charge in [0, 0.05) is 22.8 Å². The van der Waals surface area contributed by atoms with Gasteiger partial charge in [-0.1, -0.05) is 15.9 Å². The molecule has 0 amide bonds. The Balaban J connectivity index is 1.64. The average molecular weight is 337 g/mol. The molecule has 1 N–H and O–H groups in total. The van der Waals surface area contributed by atoms with Gasteiger partial charge in [0.2, 0.25) is 0 Å². The zero-order valence-corrected chi connectivity index (χ0v) is 12.9. The normalized spacial score (nSPS) is 17.5. The number of halogens is 1. The predicted molar refractivity (Wildman–Crippen MR) is 82.9 cm³/mol. The molecule has 1 fully saturated rings. The Labute approximate surface area is 126 Å². The summed E-state index contributed by atoms with van der Waals surface area (Å²) in [6, 6.07) is 10.1. The molecule has 2 heterocycles. The molecule has 1 saturated heterocycles. The molecule has 4 nitrogen and oxygen atoms in total. The van der Waals surface area contributed by atoms with Crippen molar-refractivity contribution in [1.29, 1.82) is 0 Å². The highest BCUT2D eigenvalue weighted by atomic mass is 79.9. The minimum Gasteiger partial charge on any atom is -0.370 e. The van der Waals surface area contributed by atoms with Crippen molar-refractivity contribution in [3.63, 3.8) is 0 Å². The van der Waals surface area contributed by atoms with Crippen molar-refractivity contribution < 1.29 is 9.47 Å². The summed E-state index contributed by atoms with van der Waals surface area (Å²) < 4.78 is 12.2. The van der Waals surface area contributed by atoms with E-state index in [1.807, 2.05) is 25.1 Å². The van der Waals surface area contributed by atoms with Crippen LogP contribution in [0.4, 0.5) is 5.82 Å². The largest absolute Gasteiger partial charge is 0.370 e. The lowest BCUT2D eigenvalue weighted by Gasteiger charge is -2.22. The summed E-state index contributed by atoms with van der Waals surface area (Å²) in [5, 5.41) is 4.45. The first-order valence-electron chi connectivity index (χ1n) is 6.73. The summed E-state index contributed by atoms with van der Waals surface area (Å²) in [5.41, 5.74) is 0.984. The van der Waals surface area contributed by atoms with Crippen molar-refractivity contribution in [1.82, 2.24) is 4.98 Å². The van der Waals surface area contributed by atoms with E-state index in [4.69, 9.17) is 9.47 Å². The summed E-state index contributed by atoms with van der Waals surface area (Å²) >= 11 is 3.47. The molecule has 0 saturated carbocycles. The van der Waals surface area contributed by atoms with E-state index in [0.717, 1.165) is 34.2 Å². The Bertz CT molecular complexity index is 612. The number of pyridine rings is 1. The van der Waals surface area contributed by atoms with Crippen LogP contribution in [0.5, 0.6) is 0 Å². The molecule has 0 radical (unpaired) electrons. The van der Waals surface area contributed by atoms with Gasteiger partial charge in [0.25, 0.3) is 0 Å². The SMILES string of the molecule is CC1(CCNc2ccc3cc(Br)ccc3n2)OCCO1. The van der Waals surface area contributed by atoms with Crippen LogP contribution in [0.1, 0.15) is 13.3 Å². The molecule has 1 aliphatic rings. The molecule has 0 unspecified atom stereocenters. The predicted octanol–water partition coefficient (Wildman–Crippen LogP) is 3.56. The lowest BCUT2D eigenvalue weighted by atomic mass is 10.2. The van der Waals surface area contributed by atoms with Gasteiger partial charge in [-0.15, -0.1) is 0 Å². The van der Waals surface area contributed by atoms with Gasteiger partial charge >= 0.3 is 0 Å². The highest BCUT2D eigenvalue weighted by molar-refractivity contribution is 9.10. The number of aromatic nitrogens is 1. The number of fused-ring (bicyclic) bond motifs is 1. The van der Waals surface area contributed by atoms with Crippen LogP contribution in [0.25, 0.3) is 10.9 Å². The zero-order valence-electron chi connectivity index (χ0n) is 11.4. The number of anilines is 1. The highest BCUT2D eigenvalue weighted by Gasteiger charge is 2.30. The van der Waals surface area contributed by atoms with Crippen molar-refractivity contribution in [3.8, 4) is 0 Å². The van der Waals surface area contributed by atoms with Crippen molar-refractivity contribution in [2.75, 3.05) is 25.1 Å². The van der Waals surface area contributed by atoms with Gasteiger partial charge < -0.3 is 14.8 Å². The molecular weight excluding hydrogens is 320 g/mol. The van der Waals surface area contributed by atoms with Crippen LogP contribution < -0.4 is 5.32 Å². The molecular formula is C15H17BrN2O2. The van der Waals surface area contributed by atoms with Crippen molar-refractivity contribution in [2.45, 2.75) is 19.1 Å². The van der Waals surface area contributed by atoms with Crippen LogP contribution >= 0.6 is 15.9 Å². The fourth-order valence-corrected chi connectivity index (χ4v) is 2.69. The van der Waals surface area contributed by atoms with E-state index in [0.29, 0.717) is 13.2 Å². The number of nitrogens with zero attached hydrogens (tertiary/aromatic N) is 1. The van der Waals surface area contributed by atoms with Crippen LogP contribution in [0.15, 0.2) is 34.8 Å². The summed E-state index contributed by atoms with van der Waals surface area (Å²) in [6.07, 6.45) is 0.799. The number of hydrogen-bond acceptors (Lipinski definition) is 4. The second kappa shape index (κ2) is 5.68. The number of ether oxygens (including phenoxy) is 2. The van der Waals surface area contributed by atoms with Gasteiger partial charge in [-0.2, -0.15) is 0 Å². The van der Waals surface area contributed by atoms with Gasteiger partial charge in [-0.05, 0) is 37.3 Å². The van der Waals surface area contributed by atoms with Crippen molar-refractivity contribution in [2.24, 2.45) is 0 Å². The smallest absolute Gasteiger partial charge is 0.167 e. The maximum absolute atomic E-state index is 5.57. The van der Waals surface area contributed by atoms with Crippen LogP contribution in [-0.2, 0) is 9.47 Å². The number of hydrogen-bond donors (Lipinski definition) is 1. The van der Waals surface area contributed by atoms with Crippen LogP contribution in [0.3, 0.4) is 0 Å². The zero-order chi connectivity index (χ0) is 14.0. The van der Waals surface area contributed by atoms with Gasteiger partial charge in [0.05, 0.1) is 18.7 Å². The first-order chi connectivity index (χ1) is 9.65. The Morgan fingerprint density at radius 3 is 2.85 bits per heavy atom. The second-order valence-corrected chi connectivity index (χ2v) is 5.96. The topological polar surface area (TPSA) is 43.4 Å². The third-order valence-corrected chi connectivity index (χ3v) is 3.93. The van der Waals surface area contributed by atoms with Crippen molar-refractivity contribution in [3.05, 3.63) is 34.8 Å². The van der Waals surface area contributed by atoms with Gasteiger partial charge in [0.1, 0.15) is 5.82 Å². The molecule has 0 aliphatic carbocycles. The Hall–Kier alpha value is -1.17. The minimum absolute atomic E-state index is 0.450. The summed E-state index contributed by atoms with van der Waals surface area (Å²) in [4.78, 5) is 4.59. The monoisotopic (exact) mass is 336 g/mol. The van der Waals surface area contributed by atoms with E-state index < -0.39 is 5.79 Å². The minimum atomic E-state index is -0.450. The Kier molecular flexibility index (Phi) is 3.92. The van der Waals surface area contributed by atoms with E-state index in [2.05, 4.69) is 38.4 Å². The molecule has 5 heteroatoms. The van der Waals surface area contributed by atoms with Gasteiger partial charge in [-0.3, -0.25) is 0 Å². The third kappa shape index (κ3) is 3.11. The Morgan fingerprint density at radius 1 is 1.25 bits per heavy atom. The third-order valence-electron chi connectivity index (χ3n) is 3.43. The standard InChI is InChI=1S/C15H17BrN2O2/c1-15(19-8-9-20-15)6-7-17-14-5-2-11-10-12(16)3-4-13(11)18-14/h2-5,10H,6-9H2,1H3,(H,17,18). The lowest BCUT2D eigenvalue weighted by molar-refractivity contribution is -0.144. The number of nitrogens with one attached hydrogen (secondary N) is 1. The summed E-state index contributed by atoms with van der Waals surface area (Å²) in [7, 11) is 0. The van der Waals surface area contributed by atoms with E-state index in [1.54, 1.807) is 0 Å². The maximum atomic E-state index is 5.57. The van der Waals surface area contributed by atoms with E-state index in [-0.39, 0.29) is 0 Å². The molecule has 0 atom stereocenters. The summed E-state index contributed by atoms with van der Waals surface area (Å²) in [5.74, 6) is 0.427. The first kappa shape index (κ1) is 13.8. The van der Waals surface area contributed by atoms with E-state index in [1.165, 1.54) is 0 Å². The molecule has 20 heavy (non-hydrogen) atoms. The van der Waals surface area contributed by atoms with Gasteiger partial charge in [-0.25, -0.2) is 4.98 Å². The molecule has 1 aromatic carbocycles. The lowest BCUT2D eigenvalue weighted by Crippen LogP contribution is -2.28. The molecule has 1 aliphatic heterocycles. The van der Waals surface area contributed by atoms with Gasteiger partial charge in [0.15, 0.2) is 5.79 Å². The molecule has 106 valence electrons. The summed E-state index contributed by atoms with van der Waals surface area (Å²) in [6.45, 7) is 4.11. The maximum Gasteiger partial charge on any atom is 0.167 e. The van der Waals surface area contributed by atoms with Crippen LogP contribution in [0, 0.1) is 0 Å². The average Bonchev–Trinajstić information content (AvgIpc) is 2.86.